The number of aliphatic hydroxyl groups is 1. The van der Waals surface area contributed by atoms with Crippen LogP contribution in [-0.2, 0) is 11.3 Å². The van der Waals surface area contributed by atoms with Crippen LogP contribution < -0.4 is 5.32 Å². The van der Waals surface area contributed by atoms with Crippen molar-refractivity contribution in [3.05, 3.63) is 35.9 Å². The standard InChI is InChI=1S/C18H28N2O3/c1-20(18(22)19-16-10-6-3-7-11-16)12-17(21)14-23-13-15-8-4-2-5-9-15/h2,4-5,8-9,16-17,21H,3,6-7,10-14H2,1H3,(H,19,22). The third-order valence-corrected chi connectivity index (χ3v) is 4.19. The quantitative estimate of drug-likeness (QED) is 0.811. The van der Waals surface area contributed by atoms with Crippen molar-refractivity contribution in [2.45, 2.75) is 50.9 Å². The van der Waals surface area contributed by atoms with Gasteiger partial charge in [0.15, 0.2) is 0 Å². The van der Waals surface area contributed by atoms with Gasteiger partial charge in [-0.25, -0.2) is 4.79 Å². The molecule has 1 aromatic rings. The molecule has 0 bridgehead atoms. The van der Waals surface area contributed by atoms with E-state index in [4.69, 9.17) is 4.74 Å². The molecule has 1 atom stereocenters. The van der Waals surface area contributed by atoms with Gasteiger partial charge >= 0.3 is 6.03 Å². The average molecular weight is 320 g/mol. The molecule has 1 unspecified atom stereocenters. The van der Waals surface area contributed by atoms with Crippen LogP contribution in [-0.4, -0.2) is 48.4 Å². The van der Waals surface area contributed by atoms with Crippen LogP contribution in [0.15, 0.2) is 30.3 Å². The van der Waals surface area contributed by atoms with Crippen molar-refractivity contribution < 1.29 is 14.6 Å². The third-order valence-electron chi connectivity index (χ3n) is 4.19. The Morgan fingerprint density at radius 2 is 2.00 bits per heavy atom. The molecule has 1 aromatic carbocycles. The fourth-order valence-corrected chi connectivity index (χ4v) is 2.87. The minimum absolute atomic E-state index is 0.112. The summed E-state index contributed by atoms with van der Waals surface area (Å²) in [6, 6.07) is 10.0. The number of amides is 2. The molecular weight excluding hydrogens is 292 g/mol. The number of nitrogens with one attached hydrogen (secondary N) is 1. The lowest BCUT2D eigenvalue weighted by molar-refractivity contribution is 0.0179. The Morgan fingerprint density at radius 3 is 2.70 bits per heavy atom. The van der Waals surface area contributed by atoms with Gasteiger partial charge < -0.3 is 20.1 Å². The maximum absolute atomic E-state index is 12.1. The number of urea groups is 1. The summed E-state index contributed by atoms with van der Waals surface area (Å²) in [5.41, 5.74) is 1.07. The lowest BCUT2D eigenvalue weighted by Crippen LogP contribution is -2.46. The lowest BCUT2D eigenvalue weighted by atomic mass is 9.96. The average Bonchev–Trinajstić information content (AvgIpc) is 2.56. The molecule has 5 heteroatoms. The highest BCUT2D eigenvalue weighted by atomic mass is 16.5. The van der Waals surface area contributed by atoms with Gasteiger partial charge in [0.1, 0.15) is 0 Å². The first-order valence-electron chi connectivity index (χ1n) is 8.46. The van der Waals surface area contributed by atoms with Gasteiger partial charge in [-0.3, -0.25) is 0 Å². The molecule has 0 aromatic heterocycles. The fraction of sp³-hybridized carbons (Fsp3) is 0.611. The smallest absolute Gasteiger partial charge is 0.317 e. The van der Waals surface area contributed by atoms with E-state index in [0.29, 0.717) is 6.61 Å². The van der Waals surface area contributed by atoms with Gasteiger partial charge in [-0.05, 0) is 18.4 Å². The van der Waals surface area contributed by atoms with Crippen LogP contribution in [0, 0.1) is 0 Å². The Labute approximate surface area is 138 Å². The van der Waals surface area contributed by atoms with Crippen molar-refractivity contribution in [2.24, 2.45) is 0 Å². The number of ether oxygens (including phenoxy) is 1. The number of nitrogens with zero attached hydrogens (tertiary/aromatic N) is 1. The summed E-state index contributed by atoms with van der Waals surface area (Å²) in [7, 11) is 1.71. The molecule has 1 aliphatic rings. The maximum atomic E-state index is 12.1. The van der Waals surface area contributed by atoms with Crippen molar-refractivity contribution in [1.82, 2.24) is 10.2 Å². The minimum Gasteiger partial charge on any atom is -0.389 e. The summed E-state index contributed by atoms with van der Waals surface area (Å²) in [6.45, 7) is 0.958. The van der Waals surface area contributed by atoms with Crippen molar-refractivity contribution in [2.75, 3.05) is 20.2 Å². The molecule has 1 aliphatic carbocycles. The Kier molecular flexibility index (Phi) is 7.36. The van der Waals surface area contributed by atoms with E-state index >= 15 is 0 Å². The first kappa shape index (κ1) is 17.8. The van der Waals surface area contributed by atoms with Gasteiger partial charge in [-0.15, -0.1) is 0 Å². The van der Waals surface area contributed by atoms with Crippen LogP contribution in [0.2, 0.25) is 0 Å². The van der Waals surface area contributed by atoms with E-state index < -0.39 is 6.10 Å². The van der Waals surface area contributed by atoms with E-state index in [1.807, 2.05) is 30.3 Å². The number of hydrogen-bond donors (Lipinski definition) is 2. The third kappa shape index (κ3) is 6.59. The van der Waals surface area contributed by atoms with Crippen LogP contribution in [0.1, 0.15) is 37.7 Å². The highest BCUT2D eigenvalue weighted by Crippen LogP contribution is 2.17. The summed E-state index contributed by atoms with van der Waals surface area (Å²) in [6.07, 6.45) is 5.07. The highest BCUT2D eigenvalue weighted by Gasteiger charge is 2.19. The van der Waals surface area contributed by atoms with Gasteiger partial charge in [-0.1, -0.05) is 49.6 Å². The van der Waals surface area contributed by atoms with Crippen molar-refractivity contribution in [1.29, 1.82) is 0 Å². The molecule has 0 spiro atoms. The van der Waals surface area contributed by atoms with Gasteiger partial charge in [-0.2, -0.15) is 0 Å². The molecule has 128 valence electrons. The van der Waals surface area contributed by atoms with E-state index in [1.165, 1.54) is 24.2 Å². The number of rotatable bonds is 7. The van der Waals surface area contributed by atoms with Crippen LogP contribution >= 0.6 is 0 Å². The molecule has 1 fully saturated rings. The largest absolute Gasteiger partial charge is 0.389 e. The van der Waals surface area contributed by atoms with Crippen molar-refractivity contribution >= 4 is 6.03 Å². The highest BCUT2D eigenvalue weighted by molar-refractivity contribution is 5.74. The van der Waals surface area contributed by atoms with E-state index in [0.717, 1.165) is 18.4 Å². The Morgan fingerprint density at radius 1 is 1.30 bits per heavy atom. The van der Waals surface area contributed by atoms with Crippen LogP contribution in [0.3, 0.4) is 0 Å². The number of aliphatic hydroxyl groups excluding tert-OH is 1. The van der Waals surface area contributed by atoms with E-state index in [2.05, 4.69) is 5.32 Å². The van der Waals surface area contributed by atoms with Crippen LogP contribution in [0.25, 0.3) is 0 Å². The second kappa shape index (κ2) is 9.53. The zero-order valence-corrected chi connectivity index (χ0v) is 13.9. The van der Waals surface area contributed by atoms with Crippen LogP contribution in [0.4, 0.5) is 4.79 Å². The summed E-state index contributed by atoms with van der Waals surface area (Å²) >= 11 is 0. The summed E-state index contributed by atoms with van der Waals surface area (Å²) in [5, 5.41) is 13.0. The van der Waals surface area contributed by atoms with Gasteiger partial charge in [0.2, 0.25) is 0 Å². The Hall–Kier alpha value is -1.59. The monoisotopic (exact) mass is 320 g/mol. The maximum Gasteiger partial charge on any atom is 0.317 e. The van der Waals surface area contributed by atoms with Crippen LogP contribution in [0.5, 0.6) is 0 Å². The predicted molar refractivity (Wildman–Crippen MR) is 90.1 cm³/mol. The zero-order valence-electron chi connectivity index (χ0n) is 13.9. The second-order valence-corrected chi connectivity index (χ2v) is 6.32. The number of carbonyl (C=O) groups is 1. The van der Waals surface area contributed by atoms with Gasteiger partial charge in [0.05, 0.1) is 25.9 Å². The molecule has 5 nitrogen and oxygen atoms in total. The lowest BCUT2D eigenvalue weighted by Gasteiger charge is -2.27. The van der Waals surface area contributed by atoms with Gasteiger partial charge in [0.25, 0.3) is 0 Å². The minimum atomic E-state index is -0.680. The van der Waals surface area contributed by atoms with E-state index in [-0.39, 0.29) is 25.2 Å². The molecule has 2 amide bonds. The fourth-order valence-electron chi connectivity index (χ4n) is 2.87. The molecule has 0 aliphatic heterocycles. The molecule has 0 radical (unpaired) electrons. The first-order chi connectivity index (χ1) is 11.1. The molecule has 1 saturated carbocycles. The zero-order chi connectivity index (χ0) is 16.5. The molecular formula is C18H28N2O3. The Balaban J connectivity index is 1.63. The second-order valence-electron chi connectivity index (χ2n) is 6.32. The molecule has 0 heterocycles. The van der Waals surface area contributed by atoms with Crippen molar-refractivity contribution in [3.63, 3.8) is 0 Å². The number of hydrogen-bond acceptors (Lipinski definition) is 3. The SMILES string of the molecule is CN(CC(O)COCc1ccccc1)C(=O)NC1CCCCC1. The molecule has 2 N–H and O–H groups in total. The van der Waals surface area contributed by atoms with E-state index in [1.54, 1.807) is 7.05 Å². The van der Waals surface area contributed by atoms with E-state index in [9.17, 15) is 9.90 Å². The summed E-state index contributed by atoms with van der Waals surface area (Å²) in [5.74, 6) is 0. The normalized spacial score (nSPS) is 16.8. The number of carbonyl (C=O) groups excluding carboxylic acids is 1. The Bertz CT molecular complexity index is 461. The topological polar surface area (TPSA) is 61.8 Å². The predicted octanol–water partition coefficient (Wildman–Crippen LogP) is 2.54. The molecule has 0 saturated heterocycles. The molecule has 2 rings (SSSR count). The first-order valence-corrected chi connectivity index (χ1v) is 8.46. The molecule has 23 heavy (non-hydrogen) atoms. The number of benzene rings is 1. The number of likely N-dealkylation sites (N-methyl/N-ethyl adjacent to an activating group) is 1. The van der Waals surface area contributed by atoms with Gasteiger partial charge in [0, 0.05) is 13.1 Å². The van der Waals surface area contributed by atoms with Crippen molar-refractivity contribution in [3.8, 4) is 0 Å². The summed E-state index contributed by atoms with van der Waals surface area (Å²) < 4.78 is 5.50. The summed E-state index contributed by atoms with van der Waals surface area (Å²) in [4.78, 5) is 13.6.